The quantitative estimate of drug-likeness (QED) is 0.826. The fourth-order valence-corrected chi connectivity index (χ4v) is 2.20. The van der Waals surface area contributed by atoms with Crippen molar-refractivity contribution in [1.82, 2.24) is 14.6 Å². The molecule has 0 aliphatic carbocycles. The van der Waals surface area contributed by atoms with Crippen molar-refractivity contribution >= 4 is 16.8 Å². The van der Waals surface area contributed by atoms with Gasteiger partial charge < -0.3 is 4.98 Å². The molecule has 20 heavy (non-hydrogen) atoms. The number of nitrogens with zero attached hydrogens (tertiary/aromatic N) is 2. The number of H-pyrrole nitrogens is 1. The number of hydrogen-bond acceptors (Lipinski definition) is 4. The molecule has 2 heterocycles. The Bertz CT molecular complexity index is 771. The van der Waals surface area contributed by atoms with Crippen LogP contribution in [-0.2, 0) is 16.2 Å². The fraction of sp³-hybridized carbons (Fsp3) is 0.308. The lowest BCUT2D eigenvalue weighted by molar-refractivity contribution is -0.169. The molecule has 1 amide bonds. The van der Waals surface area contributed by atoms with Crippen molar-refractivity contribution < 1.29 is 9.63 Å². The van der Waals surface area contributed by atoms with Crippen molar-refractivity contribution in [3.05, 3.63) is 45.1 Å². The maximum atomic E-state index is 12.2. The molecule has 1 fully saturated rings. The van der Waals surface area contributed by atoms with Gasteiger partial charge in [-0.1, -0.05) is 12.1 Å². The molecule has 1 aliphatic heterocycles. The molecular weight excluding hydrogens is 262 g/mol. The molecule has 0 spiro atoms. The molecule has 0 bridgehead atoms. The number of nitrogens with one attached hydrogen (secondary N) is 1. The highest BCUT2D eigenvalue weighted by Crippen LogP contribution is 2.06. The Morgan fingerprint density at radius 1 is 1.30 bits per heavy atom. The van der Waals surface area contributed by atoms with E-state index < -0.39 is 17.2 Å². The molecule has 7 heteroatoms. The summed E-state index contributed by atoms with van der Waals surface area (Å²) < 4.78 is 0.895. The van der Waals surface area contributed by atoms with Crippen LogP contribution in [0.15, 0.2) is 33.9 Å². The average Bonchev–Trinajstić information content (AvgIpc) is 2.97. The van der Waals surface area contributed by atoms with Crippen molar-refractivity contribution in [2.24, 2.45) is 0 Å². The monoisotopic (exact) mass is 275 g/mol. The maximum Gasteiger partial charge on any atom is 0.329 e. The number of carbonyl (C=O) groups excluding carboxylic acids is 1. The Balaban J connectivity index is 2.01. The lowest BCUT2D eigenvalue weighted by Gasteiger charge is -2.14. The highest BCUT2D eigenvalue weighted by atomic mass is 16.7. The Morgan fingerprint density at radius 3 is 2.85 bits per heavy atom. The minimum atomic E-state index is -0.596. The molecule has 1 aromatic heterocycles. The molecule has 1 N–H and O–H groups in total. The van der Waals surface area contributed by atoms with Crippen molar-refractivity contribution in [3.8, 4) is 0 Å². The van der Waals surface area contributed by atoms with Crippen LogP contribution in [0.4, 0.5) is 0 Å². The number of fused-ring (bicyclic) bond motifs is 1. The Labute approximate surface area is 113 Å². The number of rotatable bonds is 2. The predicted molar refractivity (Wildman–Crippen MR) is 71.1 cm³/mol. The number of aromatic amines is 1. The van der Waals surface area contributed by atoms with Crippen molar-refractivity contribution in [2.75, 3.05) is 13.2 Å². The minimum Gasteiger partial charge on any atom is -0.307 e. The normalized spacial score (nSPS) is 14.9. The lowest BCUT2D eigenvalue weighted by atomic mass is 10.2. The van der Waals surface area contributed by atoms with Crippen molar-refractivity contribution in [1.29, 1.82) is 0 Å². The number of amides is 1. The standard InChI is InChI=1S/C13H13N3O4/c17-11(16-6-3-7-20-16)8-15-12(18)9-4-1-2-5-10(9)14-13(15)19/h1-2,4-5H,3,6-8H2,(H,14,19). The third-order valence-corrected chi connectivity index (χ3v) is 3.21. The number of hydroxylamine groups is 2. The van der Waals surface area contributed by atoms with E-state index >= 15 is 0 Å². The average molecular weight is 275 g/mol. The molecule has 1 saturated heterocycles. The zero-order valence-corrected chi connectivity index (χ0v) is 10.7. The van der Waals surface area contributed by atoms with E-state index in [1.807, 2.05) is 0 Å². The Hall–Kier alpha value is -2.41. The van der Waals surface area contributed by atoms with Gasteiger partial charge in [0.2, 0.25) is 0 Å². The van der Waals surface area contributed by atoms with Gasteiger partial charge in [0.1, 0.15) is 6.54 Å². The van der Waals surface area contributed by atoms with Gasteiger partial charge in [0.15, 0.2) is 0 Å². The van der Waals surface area contributed by atoms with Gasteiger partial charge in [0, 0.05) is 0 Å². The van der Waals surface area contributed by atoms with E-state index in [0.29, 0.717) is 24.1 Å². The first-order chi connectivity index (χ1) is 9.66. The highest BCUT2D eigenvalue weighted by Gasteiger charge is 2.21. The zero-order chi connectivity index (χ0) is 14.1. The summed E-state index contributed by atoms with van der Waals surface area (Å²) in [6, 6.07) is 6.69. The van der Waals surface area contributed by atoms with Crippen LogP contribution < -0.4 is 11.2 Å². The topological polar surface area (TPSA) is 84.4 Å². The van der Waals surface area contributed by atoms with E-state index in [-0.39, 0.29) is 6.54 Å². The van der Waals surface area contributed by atoms with Gasteiger partial charge in [-0.2, -0.15) is 0 Å². The molecule has 7 nitrogen and oxygen atoms in total. The summed E-state index contributed by atoms with van der Waals surface area (Å²) in [6.45, 7) is 0.646. The predicted octanol–water partition coefficient (Wildman–Crippen LogP) is -0.146. The second kappa shape index (κ2) is 4.93. The summed E-state index contributed by atoms with van der Waals surface area (Å²) in [5.41, 5.74) is -0.609. The van der Waals surface area contributed by atoms with E-state index in [2.05, 4.69) is 4.98 Å². The van der Waals surface area contributed by atoms with Crippen molar-refractivity contribution in [2.45, 2.75) is 13.0 Å². The minimum absolute atomic E-state index is 0.320. The molecule has 3 rings (SSSR count). The molecule has 2 aromatic rings. The van der Waals surface area contributed by atoms with E-state index in [0.717, 1.165) is 11.0 Å². The van der Waals surface area contributed by atoms with Crippen LogP contribution in [0.3, 0.4) is 0 Å². The van der Waals surface area contributed by atoms with Gasteiger partial charge in [-0.25, -0.2) is 9.86 Å². The SMILES string of the molecule is O=C(Cn1c(=O)[nH]c2ccccc2c1=O)N1CCCO1. The summed E-state index contributed by atoms with van der Waals surface area (Å²) >= 11 is 0. The smallest absolute Gasteiger partial charge is 0.307 e. The summed E-state index contributed by atoms with van der Waals surface area (Å²) in [6.07, 6.45) is 0.759. The molecule has 0 atom stereocenters. The number of carbonyl (C=O) groups is 1. The van der Waals surface area contributed by atoms with Gasteiger partial charge in [-0.3, -0.25) is 19.0 Å². The lowest BCUT2D eigenvalue weighted by Crippen LogP contribution is -2.41. The van der Waals surface area contributed by atoms with Crippen molar-refractivity contribution in [3.63, 3.8) is 0 Å². The summed E-state index contributed by atoms with van der Waals surface area (Å²) in [4.78, 5) is 43.8. The maximum absolute atomic E-state index is 12.2. The first kappa shape index (κ1) is 12.6. The molecule has 0 saturated carbocycles. The van der Waals surface area contributed by atoms with Crippen LogP contribution in [0.5, 0.6) is 0 Å². The number of para-hydroxylation sites is 1. The number of aromatic nitrogens is 2. The molecule has 1 aliphatic rings. The third kappa shape index (κ3) is 2.12. The molecule has 104 valence electrons. The third-order valence-electron chi connectivity index (χ3n) is 3.21. The van der Waals surface area contributed by atoms with Crippen LogP contribution >= 0.6 is 0 Å². The van der Waals surface area contributed by atoms with E-state index in [9.17, 15) is 14.4 Å². The summed E-state index contributed by atoms with van der Waals surface area (Å²) in [5.74, 6) is -0.398. The van der Waals surface area contributed by atoms with Gasteiger partial charge in [0.25, 0.3) is 11.5 Å². The second-order valence-corrected chi connectivity index (χ2v) is 4.55. The van der Waals surface area contributed by atoms with Gasteiger partial charge in [-0.15, -0.1) is 0 Å². The van der Waals surface area contributed by atoms with Crippen LogP contribution in [-0.4, -0.2) is 33.7 Å². The first-order valence-corrected chi connectivity index (χ1v) is 6.32. The molecule has 1 aromatic carbocycles. The van der Waals surface area contributed by atoms with E-state index in [1.54, 1.807) is 24.3 Å². The van der Waals surface area contributed by atoms with Crippen LogP contribution in [0, 0.1) is 0 Å². The molecule has 0 radical (unpaired) electrons. The number of benzene rings is 1. The first-order valence-electron chi connectivity index (χ1n) is 6.32. The van der Waals surface area contributed by atoms with Crippen LogP contribution in [0.25, 0.3) is 10.9 Å². The largest absolute Gasteiger partial charge is 0.329 e. The van der Waals surface area contributed by atoms with Gasteiger partial charge >= 0.3 is 5.69 Å². The van der Waals surface area contributed by atoms with E-state index in [4.69, 9.17) is 4.84 Å². The van der Waals surface area contributed by atoms with Crippen LogP contribution in [0.1, 0.15) is 6.42 Å². The van der Waals surface area contributed by atoms with Gasteiger partial charge in [-0.05, 0) is 18.6 Å². The highest BCUT2D eigenvalue weighted by molar-refractivity contribution is 5.78. The fourth-order valence-electron chi connectivity index (χ4n) is 2.20. The molecule has 0 unspecified atom stereocenters. The zero-order valence-electron chi connectivity index (χ0n) is 10.7. The Morgan fingerprint density at radius 2 is 2.10 bits per heavy atom. The number of hydrogen-bond donors (Lipinski definition) is 1. The summed E-state index contributed by atoms with van der Waals surface area (Å²) in [5, 5.41) is 1.57. The second-order valence-electron chi connectivity index (χ2n) is 4.55. The summed E-state index contributed by atoms with van der Waals surface area (Å²) in [7, 11) is 0. The molecular formula is C13H13N3O4. The van der Waals surface area contributed by atoms with E-state index in [1.165, 1.54) is 5.06 Å². The van der Waals surface area contributed by atoms with Gasteiger partial charge in [0.05, 0.1) is 24.1 Å². The van der Waals surface area contributed by atoms with Crippen LogP contribution in [0.2, 0.25) is 0 Å². The Kier molecular flexibility index (Phi) is 3.11.